The van der Waals surface area contributed by atoms with Crippen LogP contribution in [-0.2, 0) is 24.0 Å². The van der Waals surface area contributed by atoms with Gasteiger partial charge in [-0.3, -0.25) is 38.7 Å². The van der Waals surface area contributed by atoms with Gasteiger partial charge in [-0.1, -0.05) is 0 Å². The van der Waals surface area contributed by atoms with Crippen molar-refractivity contribution in [2.75, 3.05) is 58.9 Å². The van der Waals surface area contributed by atoms with Crippen LogP contribution in [0.2, 0.25) is 0 Å². The van der Waals surface area contributed by atoms with Gasteiger partial charge in [0.2, 0.25) is 5.91 Å². The molecule has 0 unspecified atom stereocenters. The van der Waals surface area contributed by atoms with Crippen LogP contribution in [0.5, 0.6) is 0 Å². The molecule has 0 heterocycles. The van der Waals surface area contributed by atoms with Crippen molar-refractivity contribution in [3.8, 4) is 11.8 Å². The van der Waals surface area contributed by atoms with Gasteiger partial charge in [-0.2, -0.15) is 20.3 Å². The summed E-state index contributed by atoms with van der Waals surface area (Å²) in [5, 5.41) is 39.1. The van der Waals surface area contributed by atoms with E-state index >= 15 is 0 Å². The first kappa shape index (κ1) is 40.2. The minimum absolute atomic E-state index is 0. The van der Waals surface area contributed by atoms with Crippen molar-refractivity contribution < 1.29 is 83.0 Å². The molecule has 231 valence electrons. The van der Waals surface area contributed by atoms with Crippen molar-refractivity contribution in [1.82, 2.24) is 20.0 Å². The number of carboxylic acids is 4. The number of rotatable bonds is 19. The average Bonchev–Trinajstić information content (AvgIpc) is 3.32. The number of hydrogen-bond acceptors (Lipinski definition) is 8. The van der Waals surface area contributed by atoms with E-state index in [0.29, 0.717) is 6.42 Å². The van der Waals surface area contributed by atoms with Gasteiger partial charge in [0.05, 0.1) is 32.7 Å². The number of carbonyl (C=O) groups is 5. The Morgan fingerprint density at radius 1 is 0.725 bits per heavy atom. The van der Waals surface area contributed by atoms with Crippen LogP contribution in [0.25, 0.3) is 0 Å². The Hall–Kier alpha value is -1.92. The summed E-state index contributed by atoms with van der Waals surface area (Å²) in [6.45, 7) is 5.64. The van der Waals surface area contributed by atoms with E-state index in [0.717, 1.165) is 23.7 Å². The number of aliphatic carboxylic acids is 4. The summed E-state index contributed by atoms with van der Waals surface area (Å²) in [6, 6.07) is 0. The molecule has 0 spiro atoms. The smallest absolute Gasteiger partial charge is 0.317 e. The molecule has 0 saturated heterocycles. The molecule has 0 saturated carbocycles. The maximum Gasteiger partial charge on any atom is 0.317 e. The number of hydrogen-bond donors (Lipinski definition) is 5. The molecule has 1 aliphatic rings. The number of carbonyl (C=O) groups excluding carboxylic acids is 1. The summed E-state index contributed by atoms with van der Waals surface area (Å²) < 4.78 is 0. The Bertz CT molecular complexity index is 863. The van der Waals surface area contributed by atoms with E-state index in [4.69, 9.17) is 10.2 Å². The first-order chi connectivity index (χ1) is 18.1. The summed E-state index contributed by atoms with van der Waals surface area (Å²) in [6.07, 6.45) is 4.81. The second kappa shape index (κ2) is 21.8. The maximum absolute atomic E-state index is 12.5. The van der Waals surface area contributed by atoms with Crippen LogP contribution in [0.15, 0.2) is 0 Å². The molecule has 0 aliphatic heterocycles. The van der Waals surface area contributed by atoms with Gasteiger partial charge in [-0.25, -0.2) is 0 Å². The van der Waals surface area contributed by atoms with Crippen LogP contribution in [-0.4, -0.2) is 129 Å². The standard InChI is InChI=1S/C21H37N4O9.C5H5.Tb/c1-15(2)9-21(3,4)22-16(26)10-24(12-18(29)30)7-5-23(11-17(27)28)6-8-25(13-19(31)32)14-20(33)34;1-2-4-5-3-1;/h5-14H2,1-4H3,(H,22,26)(H,27,28)(H,29,30)(H,31,32)(H,33,34);1H,2-3H2;/q2*-1;. The second-order valence-corrected chi connectivity index (χ2v) is 10.1. The van der Waals surface area contributed by atoms with E-state index in [9.17, 15) is 34.2 Å². The second-order valence-electron chi connectivity index (χ2n) is 10.1. The van der Waals surface area contributed by atoms with Gasteiger partial charge in [0, 0.05) is 70.3 Å². The van der Waals surface area contributed by atoms with Crippen LogP contribution in [0.4, 0.5) is 0 Å². The Morgan fingerprint density at radius 2 is 1.07 bits per heavy atom. The fourth-order valence-electron chi connectivity index (χ4n) is 3.94. The summed E-state index contributed by atoms with van der Waals surface area (Å²) in [5.74, 6) is 1.84. The summed E-state index contributed by atoms with van der Waals surface area (Å²) >= 11 is 0. The van der Waals surface area contributed by atoms with Crippen LogP contribution in [0.3, 0.4) is 0 Å². The van der Waals surface area contributed by atoms with Gasteiger partial charge in [0.1, 0.15) is 0 Å². The maximum atomic E-state index is 12.5. The fourth-order valence-corrected chi connectivity index (χ4v) is 3.94. The van der Waals surface area contributed by atoms with Crippen LogP contribution >= 0.6 is 0 Å². The predicted octanol–water partition coefficient (Wildman–Crippen LogP) is 0.118. The predicted molar refractivity (Wildman–Crippen MR) is 143 cm³/mol. The quantitative estimate of drug-likeness (QED) is 0.0901. The van der Waals surface area contributed by atoms with Crippen LogP contribution in [0, 0.1) is 62.8 Å². The van der Waals surface area contributed by atoms with Crippen molar-refractivity contribution in [2.24, 2.45) is 0 Å². The zero-order valence-electron chi connectivity index (χ0n) is 23.6. The molecule has 14 heteroatoms. The van der Waals surface area contributed by atoms with E-state index in [2.05, 4.69) is 23.6 Å². The molecule has 0 bridgehead atoms. The van der Waals surface area contributed by atoms with E-state index in [1.807, 2.05) is 27.7 Å². The number of nitrogens with one attached hydrogen (secondary N) is 1. The number of nitrogens with zero attached hydrogens (tertiary/aromatic N) is 3. The molecule has 0 aromatic heterocycles. The SMILES string of the molecule is C1#CC[CH-]C1.C[C-](C)CC(C)(C)NC(=O)CN(CCN(CCN(CC(=O)O)CC(=O)O)CC(=O)O)CC(=O)O.[Tb]. The van der Waals surface area contributed by atoms with Crippen molar-refractivity contribution in [1.29, 1.82) is 0 Å². The van der Waals surface area contributed by atoms with Gasteiger partial charge < -0.3 is 38.1 Å². The summed E-state index contributed by atoms with van der Waals surface area (Å²) in [5.41, 5.74) is -0.516. The molecular formula is C26H42N4O9Tb-2. The van der Waals surface area contributed by atoms with Crippen molar-refractivity contribution >= 4 is 29.8 Å². The normalized spacial score (nSPS) is 12.3. The minimum atomic E-state index is -1.22. The topological polar surface area (TPSA) is 188 Å². The van der Waals surface area contributed by atoms with E-state index in [1.165, 1.54) is 9.80 Å². The first-order valence-corrected chi connectivity index (χ1v) is 12.5. The minimum Gasteiger partial charge on any atom is -0.480 e. The third-order valence-corrected chi connectivity index (χ3v) is 5.16. The largest absolute Gasteiger partial charge is 0.480 e. The summed E-state index contributed by atoms with van der Waals surface area (Å²) in [4.78, 5) is 60.8. The molecule has 1 radical (unpaired) electrons. The molecule has 1 amide bonds. The average molecular weight is 714 g/mol. The molecule has 0 aromatic carbocycles. The third kappa shape index (κ3) is 23.9. The van der Waals surface area contributed by atoms with E-state index in [-0.39, 0.29) is 77.2 Å². The molecule has 13 nitrogen and oxygen atoms in total. The molecule has 5 N–H and O–H groups in total. The molecule has 0 fully saturated rings. The molecule has 0 aromatic rings. The Morgan fingerprint density at radius 3 is 1.40 bits per heavy atom. The van der Waals surface area contributed by atoms with Gasteiger partial charge in [0.25, 0.3) is 0 Å². The van der Waals surface area contributed by atoms with Gasteiger partial charge in [-0.15, -0.1) is 24.7 Å². The van der Waals surface area contributed by atoms with Crippen LogP contribution < -0.4 is 5.32 Å². The number of amides is 1. The third-order valence-electron chi connectivity index (χ3n) is 5.16. The summed E-state index contributed by atoms with van der Waals surface area (Å²) in [7, 11) is 0. The molecule has 1 rings (SSSR count). The Kier molecular flexibility index (Phi) is 21.9. The Labute approximate surface area is 267 Å². The molecule has 1 aliphatic carbocycles. The number of carboxylic acid groups (broad SMARTS) is 4. The van der Waals surface area contributed by atoms with Gasteiger partial charge in [0.15, 0.2) is 0 Å². The fraction of sp³-hybridized carbons (Fsp3) is 0.654. The molecule has 0 atom stereocenters. The van der Waals surface area contributed by atoms with Crippen molar-refractivity contribution in [2.45, 2.75) is 52.5 Å². The zero-order chi connectivity index (χ0) is 30.0. The van der Waals surface area contributed by atoms with Crippen molar-refractivity contribution in [3.63, 3.8) is 0 Å². The molecule has 40 heavy (non-hydrogen) atoms. The van der Waals surface area contributed by atoms with Crippen LogP contribution in [0.1, 0.15) is 47.0 Å². The van der Waals surface area contributed by atoms with E-state index in [1.54, 1.807) is 0 Å². The zero-order valence-corrected chi connectivity index (χ0v) is 25.7. The van der Waals surface area contributed by atoms with E-state index < -0.39 is 55.6 Å². The molecular weight excluding hydrogens is 671 g/mol. The van der Waals surface area contributed by atoms with Gasteiger partial charge in [-0.05, 0) is 13.8 Å². The van der Waals surface area contributed by atoms with Crippen molar-refractivity contribution in [3.05, 3.63) is 12.3 Å². The first-order valence-electron chi connectivity index (χ1n) is 12.5. The Balaban J connectivity index is 0. The van der Waals surface area contributed by atoms with Gasteiger partial charge >= 0.3 is 23.9 Å². The monoisotopic (exact) mass is 713 g/mol.